The number of aromatic amines is 1. The molecular weight excluding hydrogens is 498 g/mol. The van der Waals surface area contributed by atoms with Gasteiger partial charge < -0.3 is 0 Å². The van der Waals surface area contributed by atoms with Gasteiger partial charge in [0.15, 0.2) is 16.9 Å². The Morgan fingerprint density at radius 1 is 0.838 bits per heavy atom. The number of aryl methyl sites for hydroxylation is 1. The average Bonchev–Trinajstić information content (AvgIpc) is 3.59. The number of nitrogens with one attached hydrogen (secondary N) is 1. The third-order valence-corrected chi connectivity index (χ3v) is 8.14. The number of aromatic nitrogens is 7. The summed E-state index contributed by atoms with van der Waals surface area (Å²) in [6.07, 6.45) is 1.68. The first-order valence-corrected chi connectivity index (χ1v) is 13.0. The van der Waals surface area contributed by atoms with Crippen molar-refractivity contribution in [2.24, 2.45) is 0 Å². The van der Waals surface area contributed by atoms with Gasteiger partial charge in [-0.05, 0) is 55.0 Å². The van der Waals surface area contributed by atoms with E-state index in [1.807, 2.05) is 41.9 Å². The fourth-order valence-electron chi connectivity index (χ4n) is 5.23. The number of nitrogens with zero attached hydrogens (tertiary/aromatic N) is 6. The maximum atomic E-state index is 5.38. The molecule has 0 fully saturated rings. The third-order valence-electron chi connectivity index (χ3n) is 6.81. The lowest BCUT2D eigenvalue weighted by molar-refractivity contribution is 0.877. The van der Waals surface area contributed by atoms with Gasteiger partial charge >= 0.3 is 0 Å². The van der Waals surface area contributed by atoms with Gasteiger partial charge in [0.2, 0.25) is 4.77 Å². The van der Waals surface area contributed by atoms with E-state index in [1.165, 1.54) is 20.2 Å². The minimum absolute atomic E-state index is 0.399. The molecule has 0 saturated carbocycles. The van der Waals surface area contributed by atoms with Crippen LogP contribution in [0.25, 0.3) is 64.7 Å². The number of H-pyrrole nitrogens is 1. The summed E-state index contributed by atoms with van der Waals surface area (Å²) in [7, 11) is 0. The van der Waals surface area contributed by atoms with Gasteiger partial charge in [0, 0.05) is 25.7 Å². The van der Waals surface area contributed by atoms with Crippen LogP contribution in [0, 0.1) is 11.7 Å². The van der Waals surface area contributed by atoms with Crippen molar-refractivity contribution in [2.45, 2.75) is 6.92 Å². The molecule has 0 radical (unpaired) electrons. The van der Waals surface area contributed by atoms with Crippen LogP contribution in [0.1, 0.15) is 5.69 Å². The molecule has 0 amide bonds. The molecule has 176 valence electrons. The highest BCUT2D eigenvalue weighted by molar-refractivity contribution is 7.71. The second-order valence-corrected chi connectivity index (χ2v) is 10.5. The van der Waals surface area contributed by atoms with Crippen molar-refractivity contribution in [2.75, 3.05) is 0 Å². The van der Waals surface area contributed by atoms with Crippen molar-refractivity contribution in [1.29, 1.82) is 0 Å². The Morgan fingerprint density at radius 3 is 2.54 bits per heavy atom. The lowest BCUT2D eigenvalue weighted by Gasteiger charge is -2.11. The standard InChI is InChI=1S/C28H17N7S2/c1-15-22-23(16-11-12-21-19(13-16)18-9-5-6-10-20(18)37-21)24-25(29-14-34-26(24)31-28(36)33-34)30-27(22)35(32-15)17-7-3-2-4-8-17/h2-14H,1H3,(H,33,36). The zero-order chi connectivity index (χ0) is 24.7. The molecule has 0 atom stereocenters. The quantitative estimate of drug-likeness (QED) is 0.250. The summed E-state index contributed by atoms with van der Waals surface area (Å²) < 4.78 is 6.58. The van der Waals surface area contributed by atoms with Crippen molar-refractivity contribution in [3.63, 3.8) is 0 Å². The first-order valence-electron chi connectivity index (χ1n) is 11.8. The first-order chi connectivity index (χ1) is 18.2. The van der Waals surface area contributed by atoms with Gasteiger partial charge in [-0.15, -0.1) is 11.3 Å². The van der Waals surface area contributed by atoms with Gasteiger partial charge in [-0.3, -0.25) is 5.10 Å². The van der Waals surface area contributed by atoms with Crippen molar-refractivity contribution in [1.82, 2.24) is 34.3 Å². The number of benzene rings is 3. The normalized spacial score (nSPS) is 12.0. The van der Waals surface area contributed by atoms with Gasteiger partial charge in [0.05, 0.1) is 22.2 Å². The molecular formula is C28H17N7S2. The predicted molar refractivity (Wildman–Crippen MR) is 151 cm³/mol. The summed E-state index contributed by atoms with van der Waals surface area (Å²) in [4.78, 5) is 14.4. The van der Waals surface area contributed by atoms with E-state index in [4.69, 9.17) is 27.3 Å². The lowest BCUT2D eigenvalue weighted by atomic mass is 9.97. The molecule has 0 aliphatic carbocycles. The maximum Gasteiger partial charge on any atom is 0.214 e. The predicted octanol–water partition coefficient (Wildman–Crippen LogP) is 7.02. The number of para-hydroxylation sites is 1. The summed E-state index contributed by atoms with van der Waals surface area (Å²) in [5.41, 5.74) is 5.94. The third kappa shape index (κ3) is 2.95. The fourth-order valence-corrected chi connectivity index (χ4v) is 6.50. The molecule has 8 aromatic rings. The number of fused-ring (bicyclic) bond motifs is 7. The van der Waals surface area contributed by atoms with E-state index < -0.39 is 0 Å². The van der Waals surface area contributed by atoms with Crippen LogP contribution >= 0.6 is 23.6 Å². The molecule has 5 aromatic heterocycles. The van der Waals surface area contributed by atoms with Crippen LogP contribution in [0.5, 0.6) is 0 Å². The molecule has 0 unspecified atom stereocenters. The molecule has 8 rings (SSSR count). The summed E-state index contributed by atoms with van der Waals surface area (Å²) >= 11 is 7.19. The number of pyridine rings is 1. The van der Waals surface area contributed by atoms with E-state index in [0.717, 1.165) is 38.9 Å². The molecule has 5 heterocycles. The molecule has 3 aromatic carbocycles. The molecule has 1 N–H and O–H groups in total. The minimum atomic E-state index is 0.399. The monoisotopic (exact) mass is 515 g/mol. The highest BCUT2D eigenvalue weighted by atomic mass is 32.1. The summed E-state index contributed by atoms with van der Waals surface area (Å²) in [6, 6.07) is 25.3. The van der Waals surface area contributed by atoms with Gasteiger partial charge in [0.1, 0.15) is 6.33 Å². The van der Waals surface area contributed by atoms with Crippen LogP contribution < -0.4 is 0 Å². The summed E-state index contributed by atoms with van der Waals surface area (Å²) in [5, 5.41) is 12.3. The molecule has 0 aliphatic rings. The highest BCUT2D eigenvalue weighted by Crippen LogP contribution is 2.41. The van der Waals surface area contributed by atoms with E-state index in [-0.39, 0.29) is 0 Å². The molecule has 9 heteroatoms. The van der Waals surface area contributed by atoms with Crippen LogP contribution in [-0.4, -0.2) is 34.3 Å². The molecule has 37 heavy (non-hydrogen) atoms. The van der Waals surface area contributed by atoms with Gasteiger partial charge in [-0.1, -0.05) is 42.5 Å². The number of hydrogen-bond acceptors (Lipinski definition) is 6. The molecule has 0 spiro atoms. The van der Waals surface area contributed by atoms with E-state index in [9.17, 15) is 0 Å². The van der Waals surface area contributed by atoms with E-state index in [2.05, 4.69) is 52.5 Å². The largest absolute Gasteiger partial charge is 0.265 e. The Morgan fingerprint density at radius 2 is 1.65 bits per heavy atom. The topological polar surface area (TPSA) is 76.7 Å². The van der Waals surface area contributed by atoms with Crippen LogP contribution in [0.3, 0.4) is 0 Å². The smallest absolute Gasteiger partial charge is 0.214 e. The van der Waals surface area contributed by atoms with Crippen molar-refractivity contribution < 1.29 is 0 Å². The van der Waals surface area contributed by atoms with Crippen LogP contribution in [-0.2, 0) is 0 Å². The fraction of sp³-hybridized carbons (Fsp3) is 0.0357. The summed E-state index contributed by atoms with van der Waals surface area (Å²) in [6.45, 7) is 2.03. The molecule has 0 bridgehead atoms. The Hall–Kier alpha value is -4.47. The van der Waals surface area contributed by atoms with Crippen LogP contribution in [0.2, 0.25) is 0 Å². The van der Waals surface area contributed by atoms with E-state index in [0.29, 0.717) is 16.1 Å². The van der Waals surface area contributed by atoms with Gasteiger partial charge in [-0.2, -0.15) is 10.1 Å². The van der Waals surface area contributed by atoms with Gasteiger partial charge in [-0.25, -0.2) is 19.2 Å². The Balaban J connectivity index is 1.57. The molecule has 7 nitrogen and oxygen atoms in total. The Kier molecular flexibility index (Phi) is 4.20. The molecule has 0 saturated heterocycles. The number of hydrogen-bond donors (Lipinski definition) is 1. The SMILES string of the molecule is Cc1nn(-c2ccccc2)c2nc3ncn4[nH]c(=S)nc4c3c(-c3ccc4sc5ccccc5c4c3)c12. The average molecular weight is 516 g/mol. The maximum absolute atomic E-state index is 5.38. The second-order valence-electron chi connectivity index (χ2n) is 8.99. The second kappa shape index (κ2) is 7.52. The van der Waals surface area contributed by atoms with E-state index >= 15 is 0 Å². The number of rotatable bonds is 2. The van der Waals surface area contributed by atoms with Crippen molar-refractivity contribution in [3.8, 4) is 16.8 Å². The minimum Gasteiger partial charge on any atom is -0.265 e. The lowest BCUT2D eigenvalue weighted by Crippen LogP contribution is -2.00. The summed E-state index contributed by atoms with van der Waals surface area (Å²) in [5.74, 6) is 0. The Bertz CT molecular complexity index is 2240. The highest BCUT2D eigenvalue weighted by Gasteiger charge is 2.23. The van der Waals surface area contributed by atoms with Crippen molar-refractivity contribution in [3.05, 3.63) is 89.6 Å². The van der Waals surface area contributed by atoms with Crippen LogP contribution in [0.15, 0.2) is 79.1 Å². The first kappa shape index (κ1) is 20.7. The number of thiophene rings is 1. The zero-order valence-corrected chi connectivity index (χ0v) is 21.1. The van der Waals surface area contributed by atoms with Crippen LogP contribution in [0.4, 0.5) is 0 Å². The Labute approximate surface area is 218 Å². The van der Waals surface area contributed by atoms with Gasteiger partial charge in [0.25, 0.3) is 0 Å². The van der Waals surface area contributed by atoms with E-state index in [1.54, 1.807) is 22.2 Å². The zero-order valence-electron chi connectivity index (χ0n) is 19.5. The van der Waals surface area contributed by atoms with Crippen molar-refractivity contribution >= 4 is 71.4 Å². The molecule has 0 aliphatic heterocycles.